The van der Waals surface area contributed by atoms with Gasteiger partial charge < -0.3 is 19.1 Å². The zero-order chi connectivity index (χ0) is 24.2. The normalized spacial score (nSPS) is 13.8. The average Bonchev–Trinajstić information content (AvgIpc) is 3.17. The second kappa shape index (κ2) is 10.2. The maximum Gasteiger partial charge on any atom is 0.339 e. The highest BCUT2D eigenvalue weighted by Crippen LogP contribution is 2.27. The highest BCUT2D eigenvalue weighted by Gasteiger charge is 2.25. The number of aromatic nitrogens is 1. The van der Waals surface area contributed by atoms with E-state index >= 15 is 0 Å². The number of ether oxygens (including phenoxy) is 1. The van der Waals surface area contributed by atoms with Crippen LogP contribution in [0.5, 0.6) is 0 Å². The summed E-state index contributed by atoms with van der Waals surface area (Å²) in [6.07, 6.45) is 0. The Kier molecular flexibility index (Phi) is 7.06. The smallest absolute Gasteiger partial charge is 0.339 e. The van der Waals surface area contributed by atoms with Crippen LogP contribution in [0, 0.1) is 20.8 Å². The molecule has 4 rings (SSSR count). The van der Waals surface area contributed by atoms with Crippen molar-refractivity contribution in [1.82, 2.24) is 9.47 Å². The van der Waals surface area contributed by atoms with Crippen LogP contribution >= 0.6 is 0 Å². The molecule has 34 heavy (non-hydrogen) atoms. The number of carbonyl (C=O) groups excluding carboxylic acids is 2. The summed E-state index contributed by atoms with van der Waals surface area (Å²) in [4.78, 5) is 30.2. The molecular formula is C28H33N3O3. The maximum atomic E-state index is 13.3. The quantitative estimate of drug-likeness (QED) is 0.506. The Morgan fingerprint density at radius 3 is 2.29 bits per heavy atom. The van der Waals surface area contributed by atoms with Crippen molar-refractivity contribution in [3.63, 3.8) is 0 Å². The predicted molar refractivity (Wildman–Crippen MR) is 135 cm³/mol. The zero-order valence-corrected chi connectivity index (χ0v) is 20.5. The number of piperazine rings is 1. The number of anilines is 1. The van der Waals surface area contributed by atoms with Crippen LogP contribution in [0.15, 0.2) is 54.6 Å². The van der Waals surface area contributed by atoms with Crippen molar-refractivity contribution < 1.29 is 14.3 Å². The first-order chi connectivity index (χ1) is 16.4. The summed E-state index contributed by atoms with van der Waals surface area (Å²) in [7, 11) is 0. The van der Waals surface area contributed by atoms with Gasteiger partial charge in [-0.15, -0.1) is 0 Å². The molecule has 178 valence electrons. The molecule has 1 aromatic heterocycles. The molecule has 1 saturated heterocycles. The van der Waals surface area contributed by atoms with Crippen LogP contribution in [0.4, 0.5) is 5.69 Å². The van der Waals surface area contributed by atoms with E-state index in [0.29, 0.717) is 25.3 Å². The number of carbonyl (C=O) groups is 2. The van der Waals surface area contributed by atoms with Crippen LogP contribution in [0.1, 0.15) is 34.1 Å². The van der Waals surface area contributed by atoms with E-state index in [1.807, 2.05) is 52.8 Å². The first-order valence-electron chi connectivity index (χ1n) is 11.9. The van der Waals surface area contributed by atoms with Gasteiger partial charge in [-0.1, -0.05) is 42.5 Å². The number of rotatable bonds is 6. The van der Waals surface area contributed by atoms with Crippen molar-refractivity contribution in [2.45, 2.75) is 34.2 Å². The number of aryl methyl sites for hydroxylation is 2. The van der Waals surface area contributed by atoms with Crippen LogP contribution in [0.3, 0.4) is 0 Å². The lowest BCUT2D eigenvalue weighted by Crippen LogP contribution is -2.49. The third-order valence-corrected chi connectivity index (χ3v) is 6.56. The molecule has 6 nitrogen and oxygen atoms in total. The summed E-state index contributed by atoms with van der Waals surface area (Å²) in [6, 6.07) is 18.2. The fourth-order valence-electron chi connectivity index (χ4n) is 4.60. The Balaban J connectivity index is 1.53. The third-order valence-electron chi connectivity index (χ3n) is 6.56. The molecule has 1 amide bonds. The number of nitrogens with zero attached hydrogens (tertiary/aromatic N) is 3. The first kappa shape index (κ1) is 23.6. The SMILES string of the molecule is CCOC(=O)c1cc(-c2ccccc2)n(CC(=O)N2CCN(c3cc(C)ccc3C)CC2)c1C. The van der Waals surface area contributed by atoms with Crippen molar-refractivity contribution >= 4 is 17.6 Å². The van der Waals surface area contributed by atoms with E-state index in [9.17, 15) is 9.59 Å². The van der Waals surface area contributed by atoms with Crippen molar-refractivity contribution in [2.75, 3.05) is 37.7 Å². The predicted octanol–water partition coefficient (Wildman–Crippen LogP) is 4.61. The summed E-state index contributed by atoms with van der Waals surface area (Å²) < 4.78 is 7.20. The van der Waals surface area contributed by atoms with Gasteiger partial charge in [0.1, 0.15) is 6.54 Å². The van der Waals surface area contributed by atoms with Gasteiger partial charge in [-0.3, -0.25) is 4.79 Å². The standard InChI is InChI=1S/C28H33N3O3/c1-5-34-28(33)24-18-26(23-9-7-6-8-10-23)31(22(24)4)19-27(32)30-15-13-29(14-16-30)25-17-20(2)11-12-21(25)3/h6-12,17-18H,5,13-16,19H2,1-4H3. The van der Waals surface area contributed by atoms with E-state index in [0.717, 1.165) is 30.0 Å². The molecule has 0 saturated carbocycles. The molecule has 0 aliphatic carbocycles. The van der Waals surface area contributed by atoms with E-state index in [-0.39, 0.29) is 18.4 Å². The Labute approximate surface area is 201 Å². The molecule has 1 aliphatic heterocycles. The van der Waals surface area contributed by atoms with Crippen LogP contribution in [0.25, 0.3) is 11.3 Å². The van der Waals surface area contributed by atoms with Crippen molar-refractivity contribution in [1.29, 1.82) is 0 Å². The van der Waals surface area contributed by atoms with E-state index in [1.54, 1.807) is 6.92 Å². The van der Waals surface area contributed by atoms with Crippen molar-refractivity contribution in [3.8, 4) is 11.3 Å². The van der Waals surface area contributed by atoms with Crippen molar-refractivity contribution in [2.24, 2.45) is 0 Å². The van der Waals surface area contributed by atoms with Gasteiger partial charge in [0.25, 0.3) is 0 Å². The molecule has 0 N–H and O–H groups in total. The minimum absolute atomic E-state index is 0.0619. The monoisotopic (exact) mass is 459 g/mol. The topological polar surface area (TPSA) is 54.8 Å². The van der Waals surface area contributed by atoms with Crippen LogP contribution in [-0.4, -0.2) is 54.1 Å². The number of benzene rings is 2. The number of amides is 1. The van der Waals surface area contributed by atoms with Gasteiger partial charge in [-0.2, -0.15) is 0 Å². The van der Waals surface area contributed by atoms with E-state index in [1.165, 1.54) is 16.8 Å². The lowest BCUT2D eigenvalue weighted by Gasteiger charge is -2.37. The van der Waals surface area contributed by atoms with Crippen LogP contribution in [0.2, 0.25) is 0 Å². The van der Waals surface area contributed by atoms with Gasteiger partial charge in [0.15, 0.2) is 0 Å². The summed E-state index contributed by atoms with van der Waals surface area (Å²) in [5.74, 6) is -0.294. The van der Waals surface area contributed by atoms with Gasteiger partial charge >= 0.3 is 5.97 Å². The molecule has 1 fully saturated rings. The van der Waals surface area contributed by atoms with E-state index in [4.69, 9.17) is 4.74 Å². The molecule has 0 bridgehead atoms. The molecule has 3 aromatic rings. The molecule has 2 heterocycles. The summed E-state index contributed by atoms with van der Waals surface area (Å²) >= 11 is 0. The number of hydrogen-bond donors (Lipinski definition) is 0. The fraction of sp³-hybridized carbons (Fsp3) is 0.357. The molecule has 0 spiro atoms. The minimum Gasteiger partial charge on any atom is -0.462 e. The second-order valence-electron chi connectivity index (χ2n) is 8.86. The minimum atomic E-state index is -0.356. The Morgan fingerprint density at radius 2 is 1.62 bits per heavy atom. The van der Waals surface area contributed by atoms with Gasteiger partial charge in [0.2, 0.25) is 5.91 Å². The largest absolute Gasteiger partial charge is 0.462 e. The van der Waals surface area contributed by atoms with Crippen LogP contribution in [-0.2, 0) is 16.1 Å². The molecule has 0 radical (unpaired) electrons. The Bertz CT molecular complexity index is 1180. The Hall–Kier alpha value is -3.54. The highest BCUT2D eigenvalue weighted by atomic mass is 16.5. The summed E-state index contributed by atoms with van der Waals surface area (Å²) in [6.45, 7) is 11.4. The van der Waals surface area contributed by atoms with Gasteiger partial charge in [-0.25, -0.2) is 4.79 Å². The first-order valence-corrected chi connectivity index (χ1v) is 11.9. The van der Waals surface area contributed by atoms with E-state index < -0.39 is 0 Å². The average molecular weight is 460 g/mol. The molecule has 6 heteroatoms. The number of esters is 1. The van der Waals surface area contributed by atoms with Crippen LogP contribution < -0.4 is 4.90 Å². The molecule has 0 unspecified atom stereocenters. The lowest BCUT2D eigenvalue weighted by molar-refractivity contribution is -0.132. The second-order valence-corrected chi connectivity index (χ2v) is 8.86. The zero-order valence-electron chi connectivity index (χ0n) is 20.5. The molecule has 1 aliphatic rings. The molecule has 0 atom stereocenters. The van der Waals surface area contributed by atoms with Gasteiger partial charge in [-0.05, 0) is 56.5 Å². The third kappa shape index (κ3) is 4.86. The van der Waals surface area contributed by atoms with E-state index in [2.05, 4.69) is 36.9 Å². The molecular weight excluding hydrogens is 426 g/mol. The molecule has 2 aromatic carbocycles. The maximum absolute atomic E-state index is 13.3. The van der Waals surface area contributed by atoms with Gasteiger partial charge in [0, 0.05) is 43.3 Å². The lowest BCUT2D eigenvalue weighted by atomic mass is 10.1. The van der Waals surface area contributed by atoms with Crippen molar-refractivity contribution in [3.05, 3.63) is 77.0 Å². The van der Waals surface area contributed by atoms with Gasteiger partial charge in [0.05, 0.1) is 12.2 Å². The fourth-order valence-corrected chi connectivity index (χ4v) is 4.60. The summed E-state index contributed by atoms with van der Waals surface area (Å²) in [5, 5.41) is 0. The number of hydrogen-bond acceptors (Lipinski definition) is 4. The Morgan fingerprint density at radius 1 is 0.912 bits per heavy atom. The highest BCUT2D eigenvalue weighted by molar-refractivity contribution is 5.93. The summed E-state index contributed by atoms with van der Waals surface area (Å²) in [5.41, 5.74) is 6.82.